The first-order valence-electron chi connectivity index (χ1n) is 5.23. The minimum absolute atomic E-state index is 0.118. The Hall–Kier alpha value is -0.425. The van der Waals surface area contributed by atoms with E-state index in [1.54, 1.807) is 42.6 Å². The number of thioether (sulfide) groups is 2. The molecule has 2 atom stereocenters. The van der Waals surface area contributed by atoms with Crippen molar-refractivity contribution < 1.29 is 14.8 Å². The van der Waals surface area contributed by atoms with Gasteiger partial charge in [0.2, 0.25) is 0 Å². The molecule has 0 radical (unpaired) electrons. The monoisotopic (exact) mass is 268 g/mol. The summed E-state index contributed by atoms with van der Waals surface area (Å²) in [5.41, 5.74) is 2.52. The van der Waals surface area contributed by atoms with Gasteiger partial charge in [0.25, 0.3) is 0 Å². The molecule has 0 spiro atoms. The molecule has 6 heteroatoms. The zero-order valence-corrected chi connectivity index (χ0v) is 11.2. The van der Waals surface area contributed by atoms with E-state index < -0.39 is 7.12 Å². The highest BCUT2D eigenvalue weighted by molar-refractivity contribution is 8.16. The van der Waals surface area contributed by atoms with E-state index >= 15 is 0 Å². The Morgan fingerprint density at radius 1 is 1.41 bits per heavy atom. The highest BCUT2D eigenvalue weighted by Gasteiger charge is 2.34. The summed E-state index contributed by atoms with van der Waals surface area (Å²) >= 11 is 3.28. The topological polar surface area (TPSA) is 57.5 Å². The molecule has 1 aliphatic heterocycles. The Morgan fingerprint density at radius 2 is 2.12 bits per heavy atom. The summed E-state index contributed by atoms with van der Waals surface area (Å²) in [5.74, 6) is 0.144. The Kier molecular flexibility index (Phi) is 3.87. The van der Waals surface area contributed by atoms with Gasteiger partial charge in [-0.25, -0.2) is 0 Å². The summed E-state index contributed by atoms with van der Waals surface area (Å²) in [6.07, 6.45) is 1.99. The smallest absolute Gasteiger partial charge is 0.423 e. The van der Waals surface area contributed by atoms with Crippen molar-refractivity contribution in [2.45, 2.75) is 16.8 Å². The van der Waals surface area contributed by atoms with Crippen molar-refractivity contribution in [1.82, 2.24) is 0 Å². The van der Waals surface area contributed by atoms with Gasteiger partial charge in [-0.15, -0.1) is 23.5 Å². The van der Waals surface area contributed by atoms with E-state index in [0.29, 0.717) is 5.46 Å². The normalized spacial score (nSPS) is 22.4. The largest absolute Gasteiger partial charge is 0.488 e. The van der Waals surface area contributed by atoms with Crippen molar-refractivity contribution in [1.29, 1.82) is 0 Å². The number of carbonyl (C=O) groups excluding carboxylic acids is 1. The lowest BCUT2D eigenvalue weighted by Crippen LogP contribution is -2.30. The van der Waals surface area contributed by atoms with Crippen LogP contribution in [0.4, 0.5) is 0 Å². The summed E-state index contributed by atoms with van der Waals surface area (Å²) in [6, 6.07) is 5.29. The Balaban J connectivity index is 2.45. The molecule has 0 bridgehead atoms. The number of carbonyl (C=O) groups is 1. The van der Waals surface area contributed by atoms with Crippen LogP contribution in [0, 0.1) is 0 Å². The molecule has 2 unspecified atom stereocenters. The minimum Gasteiger partial charge on any atom is -0.423 e. The minimum atomic E-state index is -1.45. The Bertz CT molecular complexity index is 450. The van der Waals surface area contributed by atoms with Gasteiger partial charge in [0.15, 0.2) is 0 Å². The molecule has 0 fully saturated rings. The van der Waals surface area contributed by atoms with Crippen molar-refractivity contribution in [2.24, 2.45) is 0 Å². The van der Waals surface area contributed by atoms with Gasteiger partial charge < -0.3 is 10.0 Å². The average molecular weight is 268 g/mol. The summed E-state index contributed by atoms with van der Waals surface area (Å²) in [5, 5.41) is 18.2. The fraction of sp³-hybridized carbons (Fsp3) is 0.364. The van der Waals surface area contributed by atoms with Crippen LogP contribution in [0.3, 0.4) is 0 Å². The molecule has 90 valence electrons. The van der Waals surface area contributed by atoms with Gasteiger partial charge in [0, 0.05) is 0 Å². The second-order valence-electron chi connectivity index (χ2n) is 3.96. The lowest BCUT2D eigenvalue weighted by atomic mass is 9.78. The number of Topliss-reactive ketones (excluding diaryl/α,β-unsaturated/α-hetero) is 1. The van der Waals surface area contributed by atoms with Crippen molar-refractivity contribution in [3.63, 3.8) is 0 Å². The number of rotatable bonds is 3. The second kappa shape index (κ2) is 5.06. The van der Waals surface area contributed by atoms with Gasteiger partial charge in [0.1, 0.15) is 5.78 Å². The van der Waals surface area contributed by atoms with Crippen LogP contribution in [-0.4, -0.2) is 29.2 Å². The predicted molar refractivity (Wildman–Crippen MR) is 73.5 cm³/mol. The molecular formula is C11H13BO3S2. The number of fused-ring (bicyclic) bond motifs is 1. The maximum absolute atomic E-state index is 11.6. The molecule has 0 aromatic heterocycles. The molecular weight excluding hydrogens is 255 g/mol. The quantitative estimate of drug-likeness (QED) is 0.804. The molecule has 2 N–H and O–H groups in total. The van der Waals surface area contributed by atoms with Crippen LogP contribution in [0.15, 0.2) is 18.2 Å². The van der Waals surface area contributed by atoms with Crippen LogP contribution < -0.4 is 5.46 Å². The fourth-order valence-corrected chi connectivity index (χ4v) is 4.35. The first kappa shape index (κ1) is 13.0. The maximum atomic E-state index is 11.6. The molecule has 0 amide bonds. The van der Waals surface area contributed by atoms with E-state index in [4.69, 9.17) is 10.0 Å². The molecule has 2 rings (SSSR count). The van der Waals surface area contributed by atoms with Gasteiger partial charge >= 0.3 is 7.12 Å². The van der Waals surface area contributed by atoms with Gasteiger partial charge in [0.05, 0.1) is 9.83 Å². The molecule has 1 heterocycles. The number of ketones is 1. The molecule has 1 aromatic rings. The van der Waals surface area contributed by atoms with Crippen LogP contribution in [0.2, 0.25) is 0 Å². The van der Waals surface area contributed by atoms with Gasteiger partial charge in [-0.1, -0.05) is 18.2 Å². The van der Waals surface area contributed by atoms with Crippen LogP contribution >= 0.6 is 23.5 Å². The van der Waals surface area contributed by atoms with E-state index in [2.05, 4.69) is 0 Å². The first-order chi connectivity index (χ1) is 8.04. The molecule has 1 aliphatic rings. The standard InChI is InChI=1S/C11H13BO3S2/c1-6(13)10-8-4-3-7(12(14)15)5-9(8)11(16-2)17-10/h3-5,10-11,14-15H,1-2H3. The van der Waals surface area contributed by atoms with E-state index in [1.165, 1.54) is 0 Å². The Morgan fingerprint density at radius 3 is 2.65 bits per heavy atom. The highest BCUT2D eigenvalue weighted by atomic mass is 32.2. The fourth-order valence-electron chi connectivity index (χ4n) is 1.96. The number of benzene rings is 1. The SMILES string of the molecule is CSC1SC(C(C)=O)c2ccc(B(O)O)cc21. The zero-order chi connectivity index (χ0) is 12.6. The molecule has 0 saturated carbocycles. The average Bonchev–Trinajstić information content (AvgIpc) is 2.66. The first-order valence-corrected chi connectivity index (χ1v) is 7.46. The summed E-state index contributed by atoms with van der Waals surface area (Å²) in [6.45, 7) is 1.60. The van der Waals surface area contributed by atoms with E-state index in [-0.39, 0.29) is 15.6 Å². The third kappa shape index (κ3) is 2.40. The van der Waals surface area contributed by atoms with Crippen molar-refractivity contribution in [2.75, 3.05) is 6.26 Å². The third-order valence-electron chi connectivity index (χ3n) is 2.79. The van der Waals surface area contributed by atoms with Crippen LogP contribution in [-0.2, 0) is 4.79 Å². The molecule has 3 nitrogen and oxygen atoms in total. The lowest BCUT2D eigenvalue weighted by molar-refractivity contribution is -0.116. The number of hydrogen-bond donors (Lipinski definition) is 2. The van der Waals surface area contributed by atoms with Crippen LogP contribution in [0.1, 0.15) is 27.9 Å². The second-order valence-corrected chi connectivity index (χ2v) is 6.41. The highest BCUT2D eigenvalue weighted by Crippen LogP contribution is 2.54. The zero-order valence-electron chi connectivity index (χ0n) is 9.58. The van der Waals surface area contributed by atoms with Crippen molar-refractivity contribution >= 4 is 41.9 Å². The Labute approximate surface area is 109 Å². The van der Waals surface area contributed by atoms with Gasteiger partial charge in [-0.3, -0.25) is 4.79 Å². The predicted octanol–water partition coefficient (Wildman–Crippen LogP) is 1.10. The van der Waals surface area contributed by atoms with Crippen LogP contribution in [0.25, 0.3) is 0 Å². The lowest BCUT2D eigenvalue weighted by Gasteiger charge is -2.08. The van der Waals surface area contributed by atoms with Gasteiger partial charge in [-0.05, 0) is 29.8 Å². The third-order valence-corrected chi connectivity index (χ3v) is 5.74. The van der Waals surface area contributed by atoms with Crippen molar-refractivity contribution in [3.05, 3.63) is 29.3 Å². The summed E-state index contributed by atoms with van der Waals surface area (Å²) in [7, 11) is -1.45. The molecule has 17 heavy (non-hydrogen) atoms. The molecule has 0 aliphatic carbocycles. The molecule has 0 saturated heterocycles. The van der Waals surface area contributed by atoms with Crippen LogP contribution in [0.5, 0.6) is 0 Å². The number of hydrogen-bond acceptors (Lipinski definition) is 5. The molecule has 1 aromatic carbocycles. The van der Waals surface area contributed by atoms with E-state index in [9.17, 15) is 4.79 Å². The van der Waals surface area contributed by atoms with Gasteiger partial charge in [-0.2, -0.15) is 0 Å². The van der Waals surface area contributed by atoms with E-state index in [0.717, 1.165) is 11.1 Å². The summed E-state index contributed by atoms with van der Waals surface area (Å²) < 4.78 is 0.192. The van der Waals surface area contributed by atoms with Crippen molar-refractivity contribution in [3.8, 4) is 0 Å². The maximum Gasteiger partial charge on any atom is 0.488 e. The van der Waals surface area contributed by atoms with E-state index in [1.807, 2.05) is 12.3 Å². The summed E-state index contributed by atoms with van der Waals surface area (Å²) in [4.78, 5) is 11.6.